The SMILES string of the molecule is CCOc1ccc(CN2CC[C@H]3CN(C(=O)C4CC4)C[C@@]3(CO)C2)cc1. The monoisotopic (exact) mass is 358 g/mol. The van der Waals surface area contributed by atoms with Gasteiger partial charge >= 0.3 is 0 Å². The van der Waals surface area contributed by atoms with Crippen LogP contribution in [0.15, 0.2) is 24.3 Å². The highest BCUT2D eigenvalue weighted by molar-refractivity contribution is 5.81. The van der Waals surface area contributed by atoms with Crippen molar-refractivity contribution in [3.63, 3.8) is 0 Å². The minimum absolute atomic E-state index is 0.145. The molecule has 3 fully saturated rings. The maximum atomic E-state index is 12.5. The molecule has 5 nitrogen and oxygen atoms in total. The van der Waals surface area contributed by atoms with E-state index >= 15 is 0 Å². The Morgan fingerprint density at radius 1 is 1.23 bits per heavy atom. The molecule has 2 heterocycles. The minimum Gasteiger partial charge on any atom is -0.494 e. The summed E-state index contributed by atoms with van der Waals surface area (Å²) < 4.78 is 5.52. The second kappa shape index (κ2) is 7.20. The molecule has 1 saturated carbocycles. The largest absolute Gasteiger partial charge is 0.494 e. The molecule has 1 aromatic carbocycles. The van der Waals surface area contributed by atoms with E-state index in [1.807, 2.05) is 24.0 Å². The predicted octanol–water partition coefficient (Wildman–Crippen LogP) is 2.14. The maximum Gasteiger partial charge on any atom is 0.225 e. The van der Waals surface area contributed by atoms with Gasteiger partial charge in [0, 0.05) is 37.5 Å². The molecule has 2 saturated heterocycles. The lowest BCUT2D eigenvalue weighted by Gasteiger charge is -2.43. The van der Waals surface area contributed by atoms with Gasteiger partial charge in [-0.15, -0.1) is 0 Å². The molecule has 0 aromatic heterocycles. The van der Waals surface area contributed by atoms with E-state index < -0.39 is 0 Å². The van der Waals surface area contributed by atoms with Crippen LogP contribution in [0.25, 0.3) is 0 Å². The highest BCUT2D eigenvalue weighted by atomic mass is 16.5. The fourth-order valence-electron chi connectivity index (χ4n) is 4.71. The van der Waals surface area contributed by atoms with E-state index in [0.717, 1.165) is 57.7 Å². The molecule has 1 N–H and O–H groups in total. The lowest BCUT2D eigenvalue weighted by Crippen LogP contribution is -2.50. The number of aliphatic hydroxyl groups excluding tert-OH is 1. The molecule has 5 heteroatoms. The van der Waals surface area contributed by atoms with Crippen molar-refractivity contribution < 1.29 is 14.6 Å². The number of aliphatic hydroxyl groups is 1. The van der Waals surface area contributed by atoms with Crippen molar-refractivity contribution in [2.45, 2.75) is 32.7 Å². The summed E-state index contributed by atoms with van der Waals surface area (Å²) in [6, 6.07) is 8.30. The Hall–Kier alpha value is -1.59. The molecule has 142 valence electrons. The molecule has 1 aliphatic carbocycles. The van der Waals surface area contributed by atoms with Crippen molar-refractivity contribution in [3.8, 4) is 5.75 Å². The van der Waals surface area contributed by atoms with Gasteiger partial charge in [-0.05, 0) is 56.3 Å². The number of hydrogen-bond donors (Lipinski definition) is 1. The lowest BCUT2D eigenvalue weighted by atomic mass is 9.74. The van der Waals surface area contributed by atoms with Gasteiger partial charge in [0.2, 0.25) is 5.91 Å². The van der Waals surface area contributed by atoms with E-state index in [-0.39, 0.29) is 17.9 Å². The molecule has 26 heavy (non-hydrogen) atoms. The zero-order chi connectivity index (χ0) is 18.1. The summed E-state index contributed by atoms with van der Waals surface area (Å²) in [4.78, 5) is 17.0. The number of hydrogen-bond acceptors (Lipinski definition) is 4. The predicted molar refractivity (Wildman–Crippen MR) is 99.8 cm³/mol. The molecule has 0 radical (unpaired) electrons. The minimum atomic E-state index is -0.145. The van der Waals surface area contributed by atoms with E-state index in [1.165, 1.54) is 5.56 Å². The quantitative estimate of drug-likeness (QED) is 0.847. The number of rotatable bonds is 6. The van der Waals surface area contributed by atoms with Crippen LogP contribution in [-0.4, -0.2) is 60.2 Å². The number of ether oxygens (including phenoxy) is 1. The number of carbonyl (C=O) groups is 1. The third kappa shape index (κ3) is 3.47. The molecule has 1 aromatic rings. The molecule has 0 spiro atoms. The molecule has 1 amide bonds. The summed E-state index contributed by atoms with van der Waals surface area (Å²) in [5, 5.41) is 10.2. The van der Waals surface area contributed by atoms with E-state index in [1.54, 1.807) is 0 Å². The Morgan fingerprint density at radius 2 is 2.00 bits per heavy atom. The van der Waals surface area contributed by atoms with Crippen molar-refractivity contribution in [1.82, 2.24) is 9.80 Å². The molecule has 2 aliphatic heterocycles. The summed E-state index contributed by atoms with van der Waals surface area (Å²) in [5.41, 5.74) is 1.12. The first-order valence-corrected chi connectivity index (χ1v) is 9.97. The number of nitrogens with zero attached hydrogens (tertiary/aromatic N) is 2. The van der Waals surface area contributed by atoms with Gasteiger partial charge < -0.3 is 14.7 Å². The maximum absolute atomic E-state index is 12.5. The average Bonchev–Trinajstić information content (AvgIpc) is 3.43. The molecule has 0 bridgehead atoms. The van der Waals surface area contributed by atoms with Crippen LogP contribution in [0.3, 0.4) is 0 Å². The van der Waals surface area contributed by atoms with Crippen LogP contribution >= 0.6 is 0 Å². The van der Waals surface area contributed by atoms with Gasteiger partial charge in [0.05, 0.1) is 13.2 Å². The fraction of sp³-hybridized carbons (Fsp3) is 0.667. The molecule has 2 atom stereocenters. The third-order valence-electron chi connectivity index (χ3n) is 6.34. The van der Waals surface area contributed by atoms with E-state index in [9.17, 15) is 9.90 Å². The standard InChI is InChI=1S/C21H30N2O3/c1-2-26-19-7-3-16(4-8-19)11-22-10-9-18-12-23(20(25)17-5-6-17)14-21(18,13-22)15-24/h3-4,7-8,17-18,24H,2,5-6,9-15H2,1H3/t18-,21+/m0/s1. The summed E-state index contributed by atoms with van der Waals surface area (Å²) in [7, 11) is 0. The zero-order valence-electron chi connectivity index (χ0n) is 15.7. The summed E-state index contributed by atoms with van der Waals surface area (Å²) in [5.74, 6) is 1.94. The van der Waals surface area contributed by atoms with Crippen LogP contribution in [0.5, 0.6) is 5.75 Å². The number of piperidine rings is 1. The smallest absolute Gasteiger partial charge is 0.225 e. The van der Waals surface area contributed by atoms with Crippen molar-refractivity contribution in [3.05, 3.63) is 29.8 Å². The molecule has 4 rings (SSSR count). The number of fused-ring (bicyclic) bond motifs is 1. The van der Waals surface area contributed by atoms with Gasteiger partial charge in [-0.1, -0.05) is 12.1 Å². The highest BCUT2D eigenvalue weighted by Gasteiger charge is 2.51. The lowest BCUT2D eigenvalue weighted by molar-refractivity contribution is -0.132. The molecular formula is C21H30N2O3. The Morgan fingerprint density at radius 3 is 2.65 bits per heavy atom. The van der Waals surface area contributed by atoms with Crippen molar-refractivity contribution >= 4 is 5.91 Å². The van der Waals surface area contributed by atoms with Crippen LogP contribution in [-0.2, 0) is 11.3 Å². The number of amides is 1. The van der Waals surface area contributed by atoms with Crippen LogP contribution < -0.4 is 4.74 Å². The van der Waals surface area contributed by atoms with E-state index in [0.29, 0.717) is 18.4 Å². The van der Waals surface area contributed by atoms with Crippen molar-refractivity contribution in [2.24, 2.45) is 17.3 Å². The normalized spacial score (nSPS) is 28.8. The van der Waals surface area contributed by atoms with Crippen LogP contribution in [0.1, 0.15) is 31.7 Å². The summed E-state index contributed by atoms with van der Waals surface area (Å²) in [6.07, 6.45) is 3.16. The Balaban J connectivity index is 1.40. The Bertz CT molecular complexity index is 643. The molecular weight excluding hydrogens is 328 g/mol. The first kappa shape index (κ1) is 17.8. The number of carbonyl (C=O) groups excluding carboxylic acids is 1. The van der Waals surface area contributed by atoms with Gasteiger partial charge in [-0.25, -0.2) is 0 Å². The topological polar surface area (TPSA) is 53.0 Å². The average molecular weight is 358 g/mol. The van der Waals surface area contributed by atoms with E-state index in [2.05, 4.69) is 17.0 Å². The van der Waals surface area contributed by atoms with Crippen molar-refractivity contribution in [2.75, 3.05) is 39.4 Å². The van der Waals surface area contributed by atoms with Crippen molar-refractivity contribution in [1.29, 1.82) is 0 Å². The second-order valence-electron chi connectivity index (χ2n) is 8.29. The number of likely N-dealkylation sites (tertiary alicyclic amines) is 2. The summed E-state index contributed by atoms with van der Waals surface area (Å²) in [6.45, 7) is 7.20. The highest BCUT2D eigenvalue weighted by Crippen LogP contribution is 2.44. The van der Waals surface area contributed by atoms with Gasteiger partial charge in [0.25, 0.3) is 0 Å². The van der Waals surface area contributed by atoms with Gasteiger partial charge in [0.1, 0.15) is 5.75 Å². The second-order valence-corrected chi connectivity index (χ2v) is 8.29. The first-order valence-electron chi connectivity index (χ1n) is 9.97. The van der Waals surface area contributed by atoms with Gasteiger partial charge in [-0.3, -0.25) is 9.69 Å². The third-order valence-corrected chi connectivity index (χ3v) is 6.34. The zero-order valence-corrected chi connectivity index (χ0v) is 15.7. The Kier molecular flexibility index (Phi) is 4.93. The van der Waals surface area contributed by atoms with Crippen LogP contribution in [0, 0.1) is 17.3 Å². The molecule has 3 aliphatic rings. The van der Waals surface area contributed by atoms with Gasteiger partial charge in [-0.2, -0.15) is 0 Å². The first-order chi connectivity index (χ1) is 12.6. The summed E-state index contributed by atoms with van der Waals surface area (Å²) >= 11 is 0. The fourth-order valence-corrected chi connectivity index (χ4v) is 4.71. The van der Waals surface area contributed by atoms with Crippen LogP contribution in [0.2, 0.25) is 0 Å². The number of benzene rings is 1. The molecule has 0 unspecified atom stereocenters. The Labute approximate surface area is 155 Å². The van der Waals surface area contributed by atoms with Gasteiger partial charge in [0.15, 0.2) is 0 Å². The van der Waals surface area contributed by atoms with E-state index in [4.69, 9.17) is 4.74 Å². The van der Waals surface area contributed by atoms with Crippen LogP contribution in [0.4, 0.5) is 0 Å².